The maximum Gasteiger partial charge on any atom is 0.303 e. The topological polar surface area (TPSA) is 57.5 Å². The van der Waals surface area contributed by atoms with Gasteiger partial charge in [-0.15, -0.1) is 0 Å². The number of rotatable bonds is 13. The van der Waals surface area contributed by atoms with Crippen LogP contribution in [0.1, 0.15) is 51.9 Å². The van der Waals surface area contributed by atoms with Gasteiger partial charge in [-0.25, -0.2) is 0 Å². The minimum Gasteiger partial charge on any atom is -0.481 e. The van der Waals surface area contributed by atoms with Gasteiger partial charge in [-0.2, -0.15) is 0 Å². The van der Waals surface area contributed by atoms with Gasteiger partial charge in [0.2, 0.25) is 0 Å². The molecule has 0 amide bonds. The van der Waals surface area contributed by atoms with Crippen molar-refractivity contribution < 1.29 is 15.0 Å². The quantitative estimate of drug-likeness (QED) is 0.286. The van der Waals surface area contributed by atoms with E-state index >= 15 is 0 Å². The largest absolute Gasteiger partial charge is 0.481 e. The first-order chi connectivity index (χ1) is 11.2. The molecule has 0 fully saturated rings. The van der Waals surface area contributed by atoms with Crippen LogP contribution in [0.15, 0.2) is 60.8 Å². The van der Waals surface area contributed by atoms with E-state index in [1.807, 2.05) is 30.4 Å². The Hall–Kier alpha value is -1.87. The summed E-state index contributed by atoms with van der Waals surface area (Å²) in [7, 11) is 0. The van der Waals surface area contributed by atoms with Gasteiger partial charge in [0.1, 0.15) is 0 Å². The van der Waals surface area contributed by atoms with Crippen molar-refractivity contribution in [3.8, 4) is 0 Å². The van der Waals surface area contributed by atoms with Crippen LogP contribution in [0.2, 0.25) is 0 Å². The second kappa shape index (κ2) is 16.5. The van der Waals surface area contributed by atoms with Crippen LogP contribution in [0.4, 0.5) is 0 Å². The fourth-order valence-electron chi connectivity index (χ4n) is 1.77. The number of aliphatic hydroxyl groups excluding tert-OH is 1. The Morgan fingerprint density at radius 1 is 0.957 bits per heavy atom. The highest BCUT2D eigenvalue weighted by Gasteiger charge is 1.95. The van der Waals surface area contributed by atoms with Crippen LogP contribution in [0.25, 0.3) is 0 Å². The Bertz CT molecular complexity index is 428. The molecule has 0 saturated carbocycles. The molecule has 0 aromatic carbocycles. The molecule has 3 heteroatoms. The average Bonchev–Trinajstić information content (AvgIpc) is 2.52. The minimum atomic E-state index is -0.763. The van der Waals surface area contributed by atoms with Gasteiger partial charge in [0, 0.05) is 6.42 Å². The smallest absolute Gasteiger partial charge is 0.303 e. The van der Waals surface area contributed by atoms with Crippen LogP contribution in [0.3, 0.4) is 0 Å². The molecule has 2 N–H and O–H groups in total. The first-order valence-corrected chi connectivity index (χ1v) is 8.35. The lowest BCUT2D eigenvalue weighted by Gasteiger charge is -1.99. The number of carboxylic acid groups (broad SMARTS) is 1. The zero-order valence-corrected chi connectivity index (χ0v) is 14.1. The molecule has 0 aliphatic carbocycles. The highest BCUT2D eigenvalue weighted by molar-refractivity contribution is 5.66. The Balaban J connectivity index is 3.68. The van der Waals surface area contributed by atoms with E-state index in [9.17, 15) is 9.90 Å². The van der Waals surface area contributed by atoms with Gasteiger partial charge >= 0.3 is 5.97 Å². The highest BCUT2D eigenvalue weighted by Crippen LogP contribution is 2.01. The van der Waals surface area contributed by atoms with Crippen molar-refractivity contribution in [2.24, 2.45) is 0 Å². The van der Waals surface area contributed by atoms with Gasteiger partial charge in [-0.3, -0.25) is 4.79 Å². The van der Waals surface area contributed by atoms with E-state index < -0.39 is 12.1 Å². The number of aliphatic hydroxyl groups is 1. The Kier molecular flexibility index (Phi) is 15.2. The molecule has 0 saturated heterocycles. The molecule has 0 spiro atoms. The van der Waals surface area contributed by atoms with E-state index in [4.69, 9.17) is 5.11 Å². The maximum absolute atomic E-state index is 10.3. The van der Waals surface area contributed by atoms with Crippen LogP contribution >= 0.6 is 0 Å². The minimum absolute atomic E-state index is 0.195. The van der Waals surface area contributed by atoms with E-state index in [-0.39, 0.29) is 6.42 Å². The van der Waals surface area contributed by atoms with Crippen molar-refractivity contribution in [3.05, 3.63) is 60.8 Å². The second-order valence-electron chi connectivity index (χ2n) is 5.20. The highest BCUT2D eigenvalue weighted by atomic mass is 16.4. The summed E-state index contributed by atoms with van der Waals surface area (Å²) in [5, 5.41) is 18.2. The molecule has 0 radical (unpaired) electrons. The van der Waals surface area contributed by atoms with Crippen molar-refractivity contribution in [3.63, 3.8) is 0 Å². The molecule has 0 aliphatic rings. The summed E-state index contributed by atoms with van der Waals surface area (Å²) >= 11 is 0. The Labute approximate surface area is 140 Å². The van der Waals surface area contributed by atoms with Crippen molar-refractivity contribution >= 4 is 5.97 Å². The molecule has 0 aliphatic heterocycles. The van der Waals surface area contributed by atoms with Gasteiger partial charge in [-0.05, 0) is 38.5 Å². The zero-order valence-electron chi connectivity index (χ0n) is 14.1. The van der Waals surface area contributed by atoms with Crippen LogP contribution in [0.5, 0.6) is 0 Å². The molecular formula is C20H30O3. The summed E-state index contributed by atoms with van der Waals surface area (Å²) in [6, 6.07) is 0. The fourth-order valence-corrected chi connectivity index (χ4v) is 1.77. The van der Waals surface area contributed by atoms with Crippen molar-refractivity contribution in [1.82, 2.24) is 0 Å². The van der Waals surface area contributed by atoms with Crippen LogP contribution in [-0.4, -0.2) is 22.3 Å². The summed E-state index contributed by atoms with van der Waals surface area (Å²) in [5.41, 5.74) is 0. The van der Waals surface area contributed by atoms with E-state index in [0.29, 0.717) is 12.8 Å². The van der Waals surface area contributed by atoms with E-state index in [1.165, 1.54) is 0 Å². The molecule has 0 bridgehead atoms. The Morgan fingerprint density at radius 2 is 1.65 bits per heavy atom. The van der Waals surface area contributed by atoms with Gasteiger partial charge in [0.15, 0.2) is 0 Å². The van der Waals surface area contributed by atoms with E-state index in [1.54, 1.807) is 6.08 Å². The summed E-state index contributed by atoms with van der Waals surface area (Å²) in [4.78, 5) is 10.3. The number of aliphatic carboxylic acids is 1. The van der Waals surface area contributed by atoms with Crippen LogP contribution in [0, 0.1) is 0 Å². The molecule has 0 aromatic heterocycles. The lowest BCUT2D eigenvalue weighted by atomic mass is 10.2. The second-order valence-corrected chi connectivity index (χ2v) is 5.20. The molecule has 0 aromatic rings. The molecule has 1 atom stereocenters. The van der Waals surface area contributed by atoms with E-state index in [2.05, 4.69) is 31.2 Å². The number of hydrogen-bond acceptors (Lipinski definition) is 2. The summed E-state index contributed by atoms with van der Waals surface area (Å²) in [6.45, 7) is 2.12. The third-order valence-corrected chi connectivity index (χ3v) is 3.00. The van der Waals surface area contributed by atoms with Crippen molar-refractivity contribution in [2.45, 2.75) is 58.0 Å². The molecule has 0 rings (SSSR count). The van der Waals surface area contributed by atoms with Gasteiger partial charge in [-0.1, -0.05) is 67.7 Å². The number of carboxylic acids is 1. The maximum atomic E-state index is 10.3. The van der Waals surface area contributed by atoms with Crippen molar-refractivity contribution in [1.29, 1.82) is 0 Å². The zero-order chi connectivity index (χ0) is 17.2. The molecular weight excluding hydrogens is 288 g/mol. The summed E-state index contributed by atoms with van der Waals surface area (Å²) in [5.74, 6) is -0.763. The number of carbonyl (C=O) groups is 1. The molecule has 3 nitrogen and oxygen atoms in total. The lowest BCUT2D eigenvalue weighted by Crippen LogP contribution is -1.98. The molecule has 23 heavy (non-hydrogen) atoms. The molecule has 128 valence electrons. The third kappa shape index (κ3) is 18.1. The van der Waals surface area contributed by atoms with Crippen molar-refractivity contribution in [2.75, 3.05) is 0 Å². The average molecular weight is 318 g/mol. The number of hydrogen-bond donors (Lipinski definition) is 2. The molecule has 0 heterocycles. The normalized spacial score (nSPS) is 14.2. The predicted octanol–water partition coefficient (Wildman–Crippen LogP) is 4.96. The Morgan fingerprint density at radius 3 is 2.35 bits per heavy atom. The number of allylic oxidation sites excluding steroid dienone is 8. The first-order valence-electron chi connectivity index (χ1n) is 8.35. The van der Waals surface area contributed by atoms with E-state index in [0.717, 1.165) is 25.7 Å². The predicted molar refractivity (Wildman–Crippen MR) is 97.3 cm³/mol. The monoisotopic (exact) mass is 318 g/mol. The molecule has 0 unspecified atom stereocenters. The van der Waals surface area contributed by atoms with Gasteiger partial charge in [0.05, 0.1) is 6.10 Å². The summed E-state index contributed by atoms with van der Waals surface area (Å²) in [6.07, 6.45) is 24.6. The lowest BCUT2D eigenvalue weighted by molar-refractivity contribution is -0.137. The fraction of sp³-hybridized carbons (Fsp3) is 0.450. The number of unbranched alkanes of at least 4 members (excludes halogenated alkanes) is 1. The third-order valence-electron chi connectivity index (χ3n) is 3.00. The summed E-state index contributed by atoms with van der Waals surface area (Å²) < 4.78 is 0. The first kappa shape index (κ1) is 21.1. The van der Waals surface area contributed by atoms with Gasteiger partial charge < -0.3 is 10.2 Å². The SMILES string of the molecule is CC/C=C/C/C=C/C/C=C/C=C\[C@@H](O)C/C=C/CCCC(=O)O. The standard InChI is InChI=1S/C20H30O3/c1-2-3-4-5-6-7-8-9-10-13-16-19(21)17-14-11-12-15-18-20(22)23/h3-4,6-7,9-11,13-14,16,19,21H,2,5,8,12,15,17-18H2,1H3,(H,22,23)/b4-3+,7-6+,10-9+,14-11+,16-13-/t19-/m1/s1. The van der Waals surface area contributed by atoms with Crippen LogP contribution in [-0.2, 0) is 4.79 Å². The van der Waals surface area contributed by atoms with Crippen LogP contribution < -0.4 is 0 Å². The van der Waals surface area contributed by atoms with Gasteiger partial charge in [0.25, 0.3) is 0 Å².